The zero-order chi connectivity index (χ0) is 30.3. The van der Waals surface area contributed by atoms with Gasteiger partial charge in [0.2, 0.25) is 5.91 Å². The molecule has 1 fully saturated rings. The van der Waals surface area contributed by atoms with E-state index in [1.165, 1.54) is 18.7 Å². The predicted octanol–water partition coefficient (Wildman–Crippen LogP) is 6.16. The molecule has 2 heterocycles. The van der Waals surface area contributed by atoms with Gasteiger partial charge in [0.05, 0.1) is 24.4 Å². The monoisotopic (exact) mass is 598 g/mol. The van der Waals surface area contributed by atoms with Crippen molar-refractivity contribution >= 4 is 23.6 Å². The Kier molecular flexibility index (Phi) is 9.89. The highest BCUT2D eigenvalue weighted by Gasteiger charge is 2.38. The number of ether oxygens (including phenoxy) is 2. The van der Waals surface area contributed by atoms with Gasteiger partial charge in [-0.3, -0.25) is 4.79 Å². The molecular formula is C34H34N2O6S. The Morgan fingerprint density at radius 3 is 2.35 bits per heavy atom. The molecule has 0 saturated carbocycles. The molecule has 222 valence electrons. The maximum atomic E-state index is 11.7. The normalized spacial score (nSPS) is 20.0. The number of hydrogen-bond acceptors (Lipinski definition) is 7. The Morgan fingerprint density at radius 1 is 0.930 bits per heavy atom. The highest BCUT2D eigenvalue weighted by atomic mass is 32.2. The molecule has 1 saturated heterocycles. The average Bonchev–Trinajstić information content (AvgIpc) is 3.03. The molecule has 0 unspecified atom stereocenters. The summed E-state index contributed by atoms with van der Waals surface area (Å²) in [4.78, 5) is 27.5. The zero-order valence-corrected chi connectivity index (χ0v) is 24.8. The molecule has 1 aliphatic rings. The number of pyridine rings is 1. The van der Waals surface area contributed by atoms with Crippen LogP contribution in [0.3, 0.4) is 0 Å². The van der Waals surface area contributed by atoms with E-state index in [-0.39, 0.29) is 36.2 Å². The third-order valence-corrected chi connectivity index (χ3v) is 8.64. The molecule has 8 nitrogen and oxygen atoms in total. The highest BCUT2D eigenvalue weighted by molar-refractivity contribution is 7.99. The van der Waals surface area contributed by atoms with Gasteiger partial charge in [0.25, 0.3) is 0 Å². The number of thioether (sulfide) groups is 1. The molecule has 3 N–H and O–H groups in total. The van der Waals surface area contributed by atoms with Gasteiger partial charge in [0.1, 0.15) is 5.03 Å². The lowest BCUT2D eigenvalue weighted by molar-refractivity contribution is -0.268. The van der Waals surface area contributed by atoms with Crippen LogP contribution >= 0.6 is 11.8 Å². The van der Waals surface area contributed by atoms with Crippen molar-refractivity contribution in [3.63, 3.8) is 0 Å². The van der Waals surface area contributed by atoms with Gasteiger partial charge in [-0.15, -0.1) is 11.8 Å². The molecule has 9 heteroatoms. The topological polar surface area (TPSA) is 118 Å². The SMILES string of the molecule is CC(=O)NCc1ccccc1-c1ccc([C@@H]2O[C@H](CSc3ncccc3C(=O)O)[C@H](C)[C@H](c3ccc(CO)cc3)O2)cc1. The second kappa shape index (κ2) is 14.0. The van der Waals surface area contributed by atoms with Crippen molar-refractivity contribution in [1.82, 2.24) is 10.3 Å². The number of carbonyl (C=O) groups excluding carboxylic acids is 1. The van der Waals surface area contributed by atoms with Crippen molar-refractivity contribution in [2.75, 3.05) is 5.75 Å². The molecule has 4 aromatic rings. The lowest BCUT2D eigenvalue weighted by atomic mass is 9.91. The summed E-state index contributed by atoms with van der Waals surface area (Å²) in [6, 6.07) is 26.9. The summed E-state index contributed by atoms with van der Waals surface area (Å²) in [6.07, 6.45) is 0.370. The molecule has 4 atom stereocenters. The van der Waals surface area contributed by atoms with Crippen LogP contribution in [0.5, 0.6) is 0 Å². The minimum atomic E-state index is -1.02. The number of rotatable bonds is 10. The third kappa shape index (κ3) is 7.32. The summed E-state index contributed by atoms with van der Waals surface area (Å²) in [6.45, 7) is 3.97. The average molecular weight is 599 g/mol. The Hall–Kier alpha value is -4.02. The number of aromatic carboxylic acids is 1. The van der Waals surface area contributed by atoms with E-state index in [2.05, 4.69) is 17.2 Å². The predicted molar refractivity (Wildman–Crippen MR) is 164 cm³/mol. The van der Waals surface area contributed by atoms with E-state index in [1.54, 1.807) is 18.3 Å². The van der Waals surface area contributed by atoms with Crippen molar-refractivity contribution in [3.8, 4) is 11.1 Å². The molecule has 1 aliphatic heterocycles. The van der Waals surface area contributed by atoms with E-state index in [4.69, 9.17) is 9.47 Å². The molecular weight excluding hydrogens is 564 g/mol. The molecule has 1 aromatic heterocycles. The summed E-state index contributed by atoms with van der Waals surface area (Å²) >= 11 is 1.36. The molecule has 1 amide bonds. The zero-order valence-electron chi connectivity index (χ0n) is 24.0. The number of benzene rings is 3. The van der Waals surface area contributed by atoms with Gasteiger partial charge in [-0.05, 0) is 39.9 Å². The van der Waals surface area contributed by atoms with Crippen molar-refractivity contribution in [2.45, 2.75) is 50.5 Å². The molecule has 0 radical (unpaired) electrons. The van der Waals surface area contributed by atoms with Crippen LogP contribution in [0.25, 0.3) is 11.1 Å². The quantitative estimate of drug-likeness (QED) is 0.186. The molecule has 43 heavy (non-hydrogen) atoms. The van der Waals surface area contributed by atoms with Crippen LogP contribution in [0, 0.1) is 5.92 Å². The fraction of sp³-hybridized carbons (Fsp3) is 0.265. The fourth-order valence-electron chi connectivity index (χ4n) is 5.14. The van der Waals surface area contributed by atoms with Gasteiger partial charge in [0.15, 0.2) is 6.29 Å². The van der Waals surface area contributed by atoms with Crippen LogP contribution in [0.4, 0.5) is 0 Å². The molecule has 3 aromatic carbocycles. The van der Waals surface area contributed by atoms with E-state index in [1.807, 2.05) is 72.8 Å². The van der Waals surface area contributed by atoms with Crippen LogP contribution < -0.4 is 5.32 Å². The van der Waals surface area contributed by atoms with Crippen LogP contribution in [0.1, 0.15) is 58.9 Å². The standard InChI is InChI=1S/C34H34N2O6S/c1-21-30(20-43-32-29(33(39)40)8-5-17-35-32)41-34(42-31(21)25-11-9-23(19-37)10-12-25)26-15-13-24(14-16-26)28-7-4-3-6-27(28)18-36-22(2)38/h3-17,21,30-31,34,37H,18-20H2,1-2H3,(H,36,38)(H,39,40)/t21-,30+,31+,34+/m0/s1. The van der Waals surface area contributed by atoms with E-state index in [9.17, 15) is 19.8 Å². The van der Waals surface area contributed by atoms with E-state index < -0.39 is 12.3 Å². The van der Waals surface area contributed by atoms with Gasteiger partial charge in [-0.2, -0.15) is 0 Å². The maximum absolute atomic E-state index is 11.7. The first-order valence-corrected chi connectivity index (χ1v) is 15.1. The van der Waals surface area contributed by atoms with Crippen LogP contribution in [-0.4, -0.2) is 38.9 Å². The number of nitrogens with zero attached hydrogens (tertiary/aromatic N) is 1. The van der Waals surface area contributed by atoms with Crippen molar-refractivity contribution in [2.24, 2.45) is 5.92 Å². The van der Waals surface area contributed by atoms with Crippen molar-refractivity contribution in [3.05, 3.63) is 119 Å². The number of amides is 1. The number of aliphatic hydroxyl groups excluding tert-OH is 1. The van der Waals surface area contributed by atoms with Gasteiger partial charge in [-0.25, -0.2) is 9.78 Å². The number of aliphatic hydroxyl groups is 1. The minimum absolute atomic E-state index is 0.0391. The number of nitrogens with one attached hydrogen (secondary N) is 1. The van der Waals surface area contributed by atoms with Crippen molar-refractivity contribution < 1.29 is 29.3 Å². The Bertz CT molecular complexity index is 1560. The molecule has 0 bridgehead atoms. The second-order valence-corrected chi connectivity index (χ2v) is 11.5. The lowest BCUT2D eigenvalue weighted by Crippen LogP contribution is -2.38. The van der Waals surface area contributed by atoms with E-state index in [0.717, 1.165) is 33.4 Å². The molecule has 5 rings (SSSR count). The van der Waals surface area contributed by atoms with Gasteiger partial charge < -0.3 is 25.0 Å². The van der Waals surface area contributed by atoms with Crippen LogP contribution in [0.2, 0.25) is 0 Å². The highest BCUT2D eigenvalue weighted by Crippen LogP contribution is 2.43. The summed E-state index contributed by atoms with van der Waals surface area (Å²) in [5.41, 5.74) is 5.86. The Labute approximate surface area is 255 Å². The van der Waals surface area contributed by atoms with E-state index >= 15 is 0 Å². The van der Waals surface area contributed by atoms with Crippen LogP contribution in [-0.2, 0) is 27.4 Å². The molecule has 0 aliphatic carbocycles. The first-order valence-electron chi connectivity index (χ1n) is 14.1. The first kappa shape index (κ1) is 30.4. The fourth-order valence-corrected chi connectivity index (χ4v) is 6.29. The van der Waals surface area contributed by atoms with Gasteiger partial charge in [-0.1, -0.05) is 79.7 Å². The third-order valence-electron chi connectivity index (χ3n) is 7.55. The van der Waals surface area contributed by atoms with E-state index in [0.29, 0.717) is 17.3 Å². The summed E-state index contributed by atoms with van der Waals surface area (Å²) < 4.78 is 13.1. The number of hydrogen-bond donors (Lipinski definition) is 3. The number of carboxylic acid groups (broad SMARTS) is 1. The Balaban J connectivity index is 1.41. The largest absolute Gasteiger partial charge is 0.478 e. The number of carbonyl (C=O) groups is 2. The lowest BCUT2D eigenvalue weighted by Gasteiger charge is -2.41. The maximum Gasteiger partial charge on any atom is 0.338 e. The molecule has 0 spiro atoms. The summed E-state index contributed by atoms with van der Waals surface area (Å²) in [7, 11) is 0. The Morgan fingerprint density at radius 2 is 1.65 bits per heavy atom. The van der Waals surface area contributed by atoms with Crippen LogP contribution in [0.15, 0.2) is 96.2 Å². The number of aromatic nitrogens is 1. The number of carboxylic acids is 1. The van der Waals surface area contributed by atoms with Crippen molar-refractivity contribution in [1.29, 1.82) is 0 Å². The second-order valence-electron chi connectivity index (χ2n) is 10.5. The summed E-state index contributed by atoms with van der Waals surface area (Å²) in [5, 5.41) is 22.5. The first-order chi connectivity index (χ1) is 20.8. The summed E-state index contributed by atoms with van der Waals surface area (Å²) in [5.74, 6) is -0.671. The smallest absolute Gasteiger partial charge is 0.338 e. The van der Waals surface area contributed by atoms with Gasteiger partial charge in [0, 0.05) is 36.9 Å². The van der Waals surface area contributed by atoms with Gasteiger partial charge >= 0.3 is 5.97 Å². The minimum Gasteiger partial charge on any atom is -0.478 e.